The molecule has 1 saturated heterocycles. The van der Waals surface area contributed by atoms with Gasteiger partial charge >= 0.3 is 12.0 Å². The van der Waals surface area contributed by atoms with Gasteiger partial charge < -0.3 is 20.3 Å². The molecular weight excluding hydrogens is 248 g/mol. The summed E-state index contributed by atoms with van der Waals surface area (Å²) < 4.78 is 0. The van der Waals surface area contributed by atoms with Gasteiger partial charge in [0.15, 0.2) is 0 Å². The first-order chi connectivity index (χ1) is 9.09. The normalized spacial score (nSPS) is 22.5. The maximum atomic E-state index is 12.0. The lowest BCUT2D eigenvalue weighted by Gasteiger charge is -2.23. The summed E-state index contributed by atoms with van der Waals surface area (Å²) >= 11 is 0. The average molecular weight is 266 g/mol. The number of carboxylic acids is 1. The maximum absolute atomic E-state index is 12.0. The Morgan fingerprint density at radius 1 is 1.63 bits per heavy atom. The van der Waals surface area contributed by atoms with Gasteiger partial charge in [-0.2, -0.15) is 0 Å². The molecule has 1 aliphatic heterocycles. The minimum atomic E-state index is -0.939. The predicted molar refractivity (Wildman–Crippen MR) is 67.6 cm³/mol. The highest BCUT2D eigenvalue weighted by Crippen LogP contribution is 2.23. The summed E-state index contributed by atoms with van der Waals surface area (Å²) in [6, 6.07) is -1.04. The van der Waals surface area contributed by atoms with Crippen molar-refractivity contribution in [2.24, 2.45) is 5.92 Å². The van der Waals surface area contributed by atoms with Gasteiger partial charge in [0, 0.05) is 31.9 Å². The number of aliphatic carboxylic acids is 1. The highest BCUT2D eigenvalue weighted by atomic mass is 16.4. The van der Waals surface area contributed by atoms with Crippen LogP contribution >= 0.6 is 0 Å². The van der Waals surface area contributed by atoms with Gasteiger partial charge in [-0.1, -0.05) is 6.92 Å². The van der Waals surface area contributed by atoms with Crippen LogP contribution in [-0.2, 0) is 11.2 Å². The zero-order valence-electron chi connectivity index (χ0n) is 10.8. The summed E-state index contributed by atoms with van der Waals surface area (Å²) in [6.07, 6.45) is 4.70. The Kier molecular flexibility index (Phi) is 4.03. The minimum absolute atomic E-state index is 0.00618. The van der Waals surface area contributed by atoms with E-state index in [-0.39, 0.29) is 11.9 Å². The number of likely N-dealkylation sites (tertiary alicyclic amines) is 1. The van der Waals surface area contributed by atoms with E-state index in [0.29, 0.717) is 19.5 Å². The average Bonchev–Trinajstić information content (AvgIpc) is 2.97. The molecule has 2 amide bonds. The van der Waals surface area contributed by atoms with E-state index >= 15 is 0 Å². The van der Waals surface area contributed by atoms with E-state index < -0.39 is 12.0 Å². The van der Waals surface area contributed by atoms with Crippen molar-refractivity contribution < 1.29 is 14.7 Å². The van der Waals surface area contributed by atoms with Crippen molar-refractivity contribution in [2.45, 2.75) is 25.8 Å². The third kappa shape index (κ3) is 3.04. The van der Waals surface area contributed by atoms with E-state index in [1.165, 1.54) is 4.90 Å². The second kappa shape index (κ2) is 5.73. The Morgan fingerprint density at radius 3 is 3.05 bits per heavy atom. The zero-order valence-corrected chi connectivity index (χ0v) is 10.8. The van der Waals surface area contributed by atoms with Crippen molar-refractivity contribution in [1.29, 1.82) is 0 Å². The molecule has 0 spiro atoms. The molecule has 1 aromatic heterocycles. The van der Waals surface area contributed by atoms with Gasteiger partial charge in [-0.25, -0.2) is 14.6 Å². The number of carboxylic acid groups (broad SMARTS) is 1. The van der Waals surface area contributed by atoms with Crippen molar-refractivity contribution in [3.8, 4) is 0 Å². The van der Waals surface area contributed by atoms with Crippen LogP contribution in [0.5, 0.6) is 0 Å². The molecule has 0 bridgehead atoms. The lowest BCUT2D eigenvalue weighted by atomic mass is 10.0. The number of nitrogens with one attached hydrogen (secondary N) is 2. The molecule has 0 aliphatic carbocycles. The Labute approximate surface area is 111 Å². The van der Waals surface area contributed by atoms with Crippen molar-refractivity contribution >= 4 is 12.0 Å². The fourth-order valence-electron chi connectivity index (χ4n) is 2.38. The maximum Gasteiger partial charge on any atom is 0.326 e. The topological polar surface area (TPSA) is 98.3 Å². The van der Waals surface area contributed by atoms with Crippen LogP contribution in [0.15, 0.2) is 12.4 Å². The van der Waals surface area contributed by atoms with Crippen LogP contribution in [0.3, 0.4) is 0 Å². The van der Waals surface area contributed by atoms with E-state index in [4.69, 9.17) is 5.11 Å². The monoisotopic (exact) mass is 266 g/mol. The molecule has 1 aliphatic rings. The van der Waals surface area contributed by atoms with Crippen LogP contribution in [0.2, 0.25) is 0 Å². The third-order valence-corrected chi connectivity index (χ3v) is 3.41. The van der Waals surface area contributed by atoms with Gasteiger partial charge in [0.2, 0.25) is 0 Å². The second-order valence-corrected chi connectivity index (χ2v) is 4.76. The smallest absolute Gasteiger partial charge is 0.326 e. The zero-order chi connectivity index (χ0) is 13.8. The number of hydrogen-bond acceptors (Lipinski definition) is 3. The molecule has 2 atom stereocenters. The Hall–Kier alpha value is -2.05. The van der Waals surface area contributed by atoms with E-state index in [2.05, 4.69) is 15.3 Å². The molecule has 3 N–H and O–H groups in total. The summed E-state index contributed by atoms with van der Waals surface area (Å²) in [4.78, 5) is 31.5. The first-order valence-corrected chi connectivity index (χ1v) is 6.35. The number of amides is 2. The Morgan fingerprint density at radius 2 is 2.42 bits per heavy atom. The molecule has 0 saturated carbocycles. The molecule has 2 unspecified atom stereocenters. The number of aromatic amines is 1. The Balaban J connectivity index is 1.84. The molecule has 0 aromatic carbocycles. The molecule has 7 nitrogen and oxygen atoms in total. The summed E-state index contributed by atoms with van der Waals surface area (Å²) in [7, 11) is 0. The van der Waals surface area contributed by atoms with Crippen LogP contribution in [0.25, 0.3) is 0 Å². The number of urea groups is 1. The van der Waals surface area contributed by atoms with Crippen molar-refractivity contribution in [3.63, 3.8) is 0 Å². The largest absolute Gasteiger partial charge is 0.480 e. The van der Waals surface area contributed by atoms with Crippen LogP contribution in [0, 0.1) is 5.92 Å². The molecule has 7 heteroatoms. The van der Waals surface area contributed by atoms with Gasteiger partial charge in [0.1, 0.15) is 11.9 Å². The van der Waals surface area contributed by atoms with Crippen LogP contribution in [0.4, 0.5) is 4.79 Å². The fourth-order valence-corrected chi connectivity index (χ4v) is 2.38. The van der Waals surface area contributed by atoms with E-state index in [1.807, 2.05) is 6.92 Å². The van der Waals surface area contributed by atoms with Gasteiger partial charge in [-0.05, 0) is 12.3 Å². The molecule has 2 heterocycles. The minimum Gasteiger partial charge on any atom is -0.480 e. The number of imidazole rings is 1. The number of aromatic nitrogens is 2. The summed E-state index contributed by atoms with van der Waals surface area (Å²) in [5, 5.41) is 11.9. The number of hydrogen-bond donors (Lipinski definition) is 3. The van der Waals surface area contributed by atoms with Gasteiger partial charge in [-0.3, -0.25) is 0 Å². The first-order valence-electron chi connectivity index (χ1n) is 6.35. The lowest BCUT2D eigenvalue weighted by Crippen LogP contribution is -2.48. The fraction of sp³-hybridized carbons (Fsp3) is 0.583. The molecule has 1 aromatic rings. The van der Waals surface area contributed by atoms with Gasteiger partial charge in [-0.15, -0.1) is 0 Å². The molecular formula is C12H18N4O3. The molecule has 19 heavy (non-hydrogen) atoms. The van der Waals surface area contributed by atoms with E-state index in [0.717, 1.165) is 12.2 Å². The van der Waals surface area contributed by atoms with Crippen LogP contribution in [-0.4, -0.2) is 51.1 Å². The van der Waals surface area contributed by atoms with Crippen molar-refractivity contribution in [1.82, 2.24) is 20.2 Å². The van der Waals surface area contributed by atoms with Crippen LogP contribution in [0.1, 0.15) is 19.2 Å². The highest BCUT2D eigenvalue weighted by molar-refractivity contribution is 5.83. The first kappa shape index (κ1) is 13.4. The van der Waals surface area contributed by atoms with Gasteiger partial charge in [0.05, 0.1) is 0 Å². The van der Waals surface area contributed by atoms with E-state index in [1.54, 1.807) is 12.4 Å². The summed E-state index contributed by atoms with van der Waals surface area (Å²) in [5.74, 6) is -0.149. The summed E-state index contributed by atoms with van der Waals surface area (Å²) in [6.45, 7) is 2.78. The molecule has 0 radical (unpaired) electrons. The van der Waals surface area contributed by atoms with Gasteiger partial charge in [0.25, 0.3) is 0 Å². The van der Waals surface area contributed by atoms with Crippen molar-refractivity contribution in [3.05, 3.63) is 18.2 Å². The number of nitrogens with zero attached hydrogens (tertiary/aromatic N) is 2. The molecule has 1 fully saturated rings. The number of carbonyl (C=O) groups is 2. The molecule has 104 valence electrons. The second-order valence-electron chi connectivity index (χ2n) is 4.76. The predicted octanol–water partition coefficient (Wildman–Crippen LogP) is 0.457. The van der Waals surface area contributed by atoms with E-state index in [9.17, 15) is 9.59 Å². The standard InChI is InChI=1S/C12H18N4O3/c1-8-3-7-16(10(8)11(17)18)12(19)15-4-2-9-13-5-6-14-9/h5-6,8,10H,2-4,7H2,1H3,(H,13,14)(H,15,19)(H,17,18). The van der Waals surface area contributed by atoms with Crippen LogP contribution < -0.4 is 5.32 Å². The Bertz CT molecular complexity index is 446. The molecule has 2 rings (SSSR count). The third-order valence-electron chi connectivity index (χ3n) is 3.41. The summed E-state index contributed by atoms with van der Waals surface area (Å²) in [5.41, 5.74) is 0. The quantitative estimate of drug-likeness (QED) is 0.737. The highest BCUT2D eigenvalue weighted by Gasteiger charge is 2.39. The van der Waals surface area contributed by atoms with Crippen molar-refractivity contribution in [2.75, 3.05) is 13.1 Å². The SMILES string of the molecule is CC1CCN(C(=O)NCCc2ncc[nH]2)C1C(=O)O. The number of rotatable bonds is 4. The number of H-pyrrole nitrogens is 1. The lowest BCUT2D eigenvalue weighted by molar-refractivity contribution is -0.142. The number of carbonyl (C=O) groups excluding carboxylic acids is 1.